The van der Waals surface area contributed by atoms with Crippen molar-refractivity contribution < 1.29 is 13.2 Å². The van der Waals surface area contributed by atoms with Gasteiger partial charge in [-0.2, -0.15) is 4.31 Å². The number of benzene rings is 1. The Labute approximate surface area is 159 Å². The SMILES string of the molecule is O=C1N(Cc2cccnc2)C[C@H]2CN(S(=O)(=O)Cc3ccccc3)CCN12. The van der Waals surface area contributed by atoms with Gasteiger partial charge >= 0.3 is 6.03 Å². The van der Waals surface area contributed by atoms with Crippen LogP contribution in [0.25, 0.3) is 0 Å². The summed E-state index contributed by atoms with van der Waals surface area (Å²) in [5.74, 6) is -0.00605. The fraction of sp³-hybridized carbons (Fsp3) is 0.368. The molecule has 2 aliphatic heterocycles. The van der Waals surface area contributed by atoms with Crippen LogP contribution in [0.3, 0.4) is 0 Å². The van der Waals surface area contributed by atoms with Crippen molar-refractivity contribution in [2.45, 2.75) is 18.3 Å². The summed E-state index contributed by atoms with van der Waals surface area (Å²) in [6.45, 7) is 2.16. The number of hydrogen-bond donors (Lipinski definition) is 0. The van der Waals surface area contributed by atoms with Crippen molar-refractivity contribution in [2.75, 3.05) is 26.2 Å². The maximum absolute atomic E-state index is 12.8. The molecule has 0 unspecified atom stereocenters. The van der Waals surface area contributed by atoms with Crippen LogP contribution >= 0.6 is 0 Å². The number of sulfonamides is 1. The number of rotatable bonds is 5. The van der Waals surface area contributed by atoms with Crippen LogP contribution in [0.4, 0.5) is 4.79 Å². The van der Waals surface area contributed by atoms with Gasteiger partial charge in [-0.05, 0) is 17.2 Å². The molecule has 0 bridgehead atoms. The molecule has 0 N–H and O–H groups in total. The summed E-state index contributed by atoms with van der Waals surface area (Å²) in [7, 11) is -3.40. The Morgan fingerprint density at radius 1 is 1.00 bits per heavy atom. The standard InChI is InChI=1S/C19H22N4O3S/c24-19-21(12-17-7-4-8-20-11-17)13-18-14-22(9-10-23(18)19)27(25,26)15-16-5-2-1-3-6-16/h1-8,11,18H,9-10,12-15H2/t18-/m0/s1. The van der Waals surface area contributed by atoms with Crippen LogP contribution in [0.2, 0.25) is 0 Å². The molecule has 2 saturated heterocycles. The molecule has 142 valence electrons. The van der Waals surface area contributed by atoms with E-state index in [1.165, 1.54) is 4.31 Å². The van der Waals surface area contributed by atoms with Crippen LogP contribution in [0, 0.1) is 0 Å². The highest BCUT2D eigenvalue weighted by atomic mass is 32.2. The van der Waals surface area contributed by atoms with E-state index in [0.29, 0.717) is 32.7 Å². The molecular weight excluding hydrogens is 364 g/mol. The summed E-state index contributed by atoms with van der Waals surface area (Å²) in [4.78, 5) is 20.3. The number of carbonyl (C=O) groups is 1. The van der Waals surface area contributed by atoms with Crippen LogP contribution in [0.15, 0.2) is 54.9 Å². The Morgan fingerprint density at radius 3 is 2.52 bits per heavy atom. The fourth-order valence-electron chi connectivity index (χ4n) is 3.72. The summed E-state index contributed by atoms with van der Waals surface area (Å²) in [6.07, 6.45) is 3.45. The van der Waals surface area contributed by atoms with Crippen molar-refractivity contribution in [3.05, 3.63) is 66.0 Å². The van der Waals surface area contributed by atoms with Gasteiger partial charge in [-0.1, -0.05) is 36.4 Å². The summed E-state index contributed by atoms with van der Waals surface area (Å²) in [5, 5.41) is 0. The van der Waals surface area contributed by atoms with Gasteiger partial charge in [-0.15, -0.1) is 0 Å². The van der Waals surface area contributed by atoms with E-state index in [9.17, 15) is 13.2 Å². The molecule has 1 atom stereocenters. The third kappa shape index (κ3) is 3.81. The van der Waals surface area contributed by atoms with E-state index in [4.69, 9.17) is 0 Å². The van der Waals surface area contributed by atoms with Gasteiger partial charge in [-0.25, -0.2) is 13.2 Å². The summed E-state index contributed by atoms with van der Waals surface area (Å²) < 4.78 is 27.1. The Bertz CT molecular complexity index is 905. The minimum Gasteiger partial charge on any atom is -0.318 e. The quantitative estimate of drug-likeness (QED) is 0.781. The van der Waals surface area contributed by atoms with E-state index < -0.39 is 10.0 Å². The molecule has 0 radical (unpaired) electrons. The fourth-order valence-corrected chi connectivity index (χ4v) is 5.28. The first-order valence-electron chi connectivity index (χ1n) is 8.99. The molecule has 2 amide bonds. The van der Waals surface area contributed by atoms with Gasteiger partial charge in [0.25, 0.3) is 0 Å². The molecule has 27 heavy (non-hydrogen) atoms. The summed E-state index contributed by atoms with van der Waals surface area (Å²) in [6, 6.07) is 12.9. The Hall–Kier alpha value is -2.45. The molecule has 2 fully saturated rings. The second kappa shape index (κ2) is 7.28. The molecule has 2 aliphatic rings. The van der Waals surface area contributed by atoms with E-state index in [0.717, 1.165) is 11.1 Å². The van der Waals surface area contributed by atoms with Crippen LogP contribution in [-0.4, -0.2) is 65.8 Å². The molecule has 2 aromatic rings. The van der Waals surface area contributed by atoms with Gasteiger partial charge in [0, 0.05) is 45.1 Å². The first-order chi connectivity index (χ1) is 13.0. The minimum absolute atomic E-state index is 0.00605. The van der Waals surface area contributed by atoms with E-state index in [1.54, 1.807) is 22.2 Å². The number of hydrogen-bond acceptors (Lipinski definition) is 4. The number of urea groups is 1. The third-order valence-corrected chi connectivity index (χ3v) is 6.89. The number of pyridine rings is 1. The lowest BCUT2D eigenvalue weighted by molar-refractivity contribution is 0.159. The number of amides is 2. The first kappa shape index (κ1) is 17.9. The largest absolute Gasteiger partial charge is 0.320 e. The van der Waals surface area contributed by atoms with Crippen LogP contribution in [0.1, 0.15) is 11.1 Å². The Kier molecular flexibility index (Phi) is 4.84. The van der Waals surface area contributed by atoms with Gasteiger partial charge in [0.05, 0.1) is 11.8 Å². The molecule has 0 aliphatic carbocycles. The summed E-state index contributed by atoms with van der Waals surface area (Å²) in [5.41, 5.74) is 1.75. The highest BCUT2D eigenvalue weighted by molar-refractivity contribution is 7.88. The molecule has 0 saturated carbocycles. The molecule has 3 heterocycles. The second-order valence-corrected chi connectivity index (χ2v) is 8.94. The molecule has 1 aromatic heterocycles. The van der Waals surface area contributed by atoms with Crippen molar-refractivity contribution >= 4 is 16.1 Å². The zero-order valence-electron chi connectivity index (χ0n) is 14.9. The lowest BCUT2D eigenvalue weighted by atomic mass is 10.2. The molecule has 1 aromatic carbocycles. The topological polar surface area (TPSA) is 73.8 Å². The number of nitrogens with zero attached hydrogens (tertiary/aromatic N) is 4. The number of fused-ring (bicyclic) bond motifs is 1. The maximum atomic E-state index is 12.8. The van der Waals surface area contributed by atoms with Crippen molar-refractivity contribution in [1.82, 2.24) is 19.1 Å². The summed E-state index contributed by atoms with van der Waals surface area (Å²) >= 11 is 0. The molecule has 0 spiro atoms. The normalized spacial score (nSPS) is 20.7. The lowest BCUT2D eigenvalue weighted by Gasteiger charge is -2.35. The van der Waals surface area contributed by atoms with Crippen LogP contribution in [0.5, 0.6) is 0 Å². The highest BCUT2D eigenvalue weighted by Gasteiger charge is 2.42. The van der Waals surface area contributed by atoms with Crippen molar-refractivity contribution in [1.29, 1.82) is 0 Å². The minimum atomic E-state index is -3.40. The zero-order chi connectivity index (χ0) is 18.9. The first-order valence-corrected chi connectivity index (χ1v) is 10.6. The average molecular weight is 386 g/mol. The van der Waals surface area contributed by atoms with E-state index in [1.807, 2.05) is 42.5 Å². The number of piperazine rings is 1. The van der Waals surface area contributed by atoms with Crippen molar-refractivity contribution in [3.63, 3.8) is 0 Å². The third-order valence-electron chi connectivity index (χ3n) is 5.07. The zero-order valence-corrected chi connectivity index (χ0v) is 15.8. The van der Waals surface area contributed by atoms with Crippen molar-refractivity contribution in [3.8, 4) is 0 Å². The maximum Gasteiger partial charge on any atom is 0.320 e. The predicted octanol–water partition coefficient (Wildman–Crippen LogP) is 1.53. The van der Waals surface area contributed by atoms with Crippen LogP contribution in [-0.2, 0) is 22.3 Å². The van der Waals surface area contributed by atoms with Gasteiger partial charge in [0.2, 0.25) is 10.0 Å². The highest BCUT2D eigenvalue weighted by Crippen LogP contribution is 2.24. The molecule has 8 heteroatoms. The van der Waals surface area contributed by atoms with Gasteiger partial charge in [0.1, 0.15) is 0 Å². The Morgan fingerprint density at radius 2 is 1.78 bits per heavy atom. The second-order valence-electron chi connectivity index (χ2n) is 6.97. The van der Waals surface area contributed by atoms with Gasteiger partial charge in [0.15, 0.2) is 0 Å². The number of carbonyl (C=O) groups excluding carboxylic acids is 1. The van der Waals surface area contributed by atoms with E-state index >= 15 is 0 Å². The molecular formula is C19H22N4O3S. The van der Waals surface area contributed by atoms with Gasteiger partial charge < -0.3 is 9.80 Å². The predicted molar refractivity (Wildman–Crippen MR) is 101 cm³/mol. The monoisotopic (exact) mass is 386 g/mol. The molecule has 4 rings (SSSR count). The molecule has 7 nitrogen and oxygen atoms in total. The van der Waals surface area contributed by atoms with E-state index in [-0.39, 0.29) is 17.8 Å². The van der Waals surface area contributed by atoms with Gasteiger partial charge in [-0.3, -0.25) is 4.98 Å². The average Bonchev–Trinajstić information content (AvgIpc) is 2.98. The van der Waals surface area contributed by atoms with E-state index in [2.05, 4.69) is 4.98 Å². The smallest absolute Gasteiger partial charge is 0.318 e. The van der Waals surface area contributed by atoms with Crippen molar-refractivity contribution in [2.24, 2.45) is 0 Å². The van der Waals surface area contributed by atoms with Crippen LogP contribution < -0.4 is 0 Å². The Balaban J connectivity index is 1.43. The lowest BCUT2D eigenvalue weighted by Crippen LogP contribution is -2.53. The number of aromatic nitrogens is 1.